The number of pyridine rings is 1. The van der Waals surface area contributed by atoms with Crippen LogP contribution in [0.2, 0.25) is 0 Å². The van der Waals surface area contributed by atoms with Crippen molar-refractivity contribution in [3.8, 4) is 0 Å². The molecular formula is C35H57GdN7O15+3. The van der Waals surface area contributed by atoms with Gasteiger partial charge in [0.25, 0.3) is 0 Å². The molecule has 1 radical (unpaired) electrons. The Morgan fingerprint density at radius 3 is 1.14 bits per heavy atom. The summed E-state index contributed by atoms with van der Waals surface area (Å²) in [5.41, 5.74) is 0.762. The van der Waals surface area contributed by atoms with Crippen molar-refractivity contribution in [1.82, 2.24) is 35.6 Å². The Morgan fingerprint density at radius 2 is 0.845 bits per heavy atom. The number of amides is 3. The molecule has 0 spiro atoms. The van der Waals surface area contributed by atoms with Gasteiger partial charge in [0.1, 0.15) is 18.1 Å². The van der Waals surface area contributed by atoms with Gasteiger partial charge in [0.05, 0.1) is 49.5 Å². The van der Waals surface area contributed by atoms with E-state index in [1.165, 1.54) is 14.7 Å². The molecular weight excluding hydrogens is 916 g/mol. The first-order chi connectivity index (χ1) is 27.1. The summed E-state index contributed by atoms with van der Waals surface area (Å²) in [6.07, 6.45) is -5.14. The van der Waals surface area contributed by atoms with Crippen LogP contribution in [0.5, 0.6) is 0 Å². The maximum absolute atomic E-state index is 12.8. The fraction of sp³-hybridized carbons (Fsp3) is 0.686. The van der Waals surface area contributed by atoms with Crippen LogP contribution >= 0.6 is 0 Å². The van der Waals surface area contributed by atoms with E-state index in [-0.39, 0.29) is 137 Å². The van der Waals surface area contributed by atoms with E-state index in [1.54, 1.807) is 18.2 Å². The van der Waals surface area contributed by atoms with Crippen molar-refractivity contribution in [2.24, 2.45) is 0 Å². The molecule has 2 heterocycles. The third-order valence-corrected chi connectivity index (χ3v) is 9.29. The van der Waals surface area contributed by atoms with E-state index in [0.717, 1.165) is 0 Å². The third kappa shape index (κ3) is 19.8. The van der Waals surface area contributed by atoms with Crippen molar-refractivity contribution in [1.29, 1.82) is 0 Å². The molecule has 6 atom stereocenters. The van der Waals surface area contributed by atoms with Gasteiger partial charge >= 0.3 is 57.8 Å². The normalized spacial score (nSPS) is 17.4. The number of fused-ring (bicyclic) bond motifs is 2. The summed E-state index contributed by atoms with van der Waals surface area (Å²) in [4.78, 5) is 84.9. The molecule has 0 fully saturated rings. The fourth-order valence-corrected chi connectivity index (χ4v) is 6.09. The van der Waals surface area contributed by atoms with Crippen LogP contribution in [0.4, 0.5) is 0 Å². The van der Waals surface area contributed by atoms with Gasteiger partial charge in [-0.05, 0) is 31.4 Å². The number of nitrogens with zero attached hydrogens (tertiary/aromatic N) is 4. The first kappa shape index (κ1) is 53.0. The maximum Gasteiger partial charge on any atom is 3.00 e. The Bertz CT molecular complexity index is 1390. The summed E-state index contributed by atoms with van der Waals surface area (Å²) in [6, 6.07) is 0.996. The number of carboxylic acid groups (broad SMARTS) is 3. The molecule has 2 bridgehead atoms. The predicted molar refractivity (Wildman–Crippen MR) is 197 cm³/mol. The molecule has 58 heavy (non-hydrogen) atoms. The first-order valence-corrected chi connectivity index (χ1v) is 18.6. The van der Waals surface area contributed by atoms with Crippen LogP contribution < -0.4 is 16.0 Å². The van der Waals surface area contributed by atoms with Crippen molar-refractivity contribution >= 4 is 35.6 Å². The standard InChI is InChI=1S/C35H57N7O15.Gd/c43-19-24(46)14-36-30(49)7-4-27(33(52)53)40-10-12-41(28(34(54)55)5-8-31(50)37-15-25(47)20-44)17-22-2-1-3-23(39-22)18-42(13-11-40)29(35(56)57)6-9-32(51)38-16-26(48)21-45;/h1-3,24-29,43-48H,4-21H2,(H,36,49)(H,37,50)(H,38,51)(H,52,53)(H,54,55)(H,56,57);/q;+3/t24?,25?,26?,27-,28-,29-;/m1./s1. The number of aliphatic hydroxyl groups excluding tert-OH is 6. The Balaban J connectivity index is 0.0000168. The molecule has 1 aromatic rings. The molecule has 3 unspecified atom stereocenters. The first-order valence-electron chi connectivity index (χ1n) is 18.6. The Kier molecular flexibility index (Phi) is 25.9. The zero-order chi connectivity index (χ0) is 42.5. The maximum atomic E-state index is 12.8. The largest absolute Gasteiger partial charge is 3.00 e. The van der Waals surface area contributed by atoms with Crippen LogP contribution in [0.3, 0.4) is 0 Å². The number of aliphatic carboxylic acids is 3. The minimum absolute atomic E-state index is 0. The number of carbonyl (C=O) groups is 6. The summed E-state index contributed by atoms with van der Waals surface area (Å²) in [7, 11) is 0. The average molecular weight is 973 g/mol. The van der Waals surface area contributed by atoms with Crippen molar-refractivity contribution in [2.75, 3.05) is 65.6 Å². The molecule has 0 aromatic carbocycles. The molecule has 1 aliphatic heterocycles. The number of hydrogen-bond donors (Lipinski definition) is 12. The molecule has 1 aliphatic rings. The summed E-state index contributed by atoms with van der Waals surface area (Å²) in [5, 5.41) is 94.1. The number of rotatable bonds is 24. The zero-order valence-corrected chi connectivity index (χ0v) is 34.3. The monoisotopic (exact) mass is 973 g/mol. The predicted octanol–water partition coefficient (Wildman–Crippen LogP) is -4.89. The molecule has 3 amide bonds. The van der Waals surface area contributed by atoms with Crippen molar-refractivity contribution in [2.45, 2.75) is 88.1 Å². The van der Waals surface area contributed by atoms with E-state index in [0.29, 0.717) is 11.4 Å². The van der Waals surface area contributed by atoms with Crippen molar-refractivity contribution in [3.63, 3.8) is 0 Å². The topological polar surface area (TPSA) is 343 Å². The van der Waals surface area contributed by atoms with Gasteiger partial charge in [0.2, 0.25) is 17.7 Å². The molecule has 2 rings (SSSR count). The molecule has 327 valence electrons. The van der Waals surface area contributed by atoms with Crippen molar-refractivity contribution < 1.29 is 115 Å². The van der Waals surface area contributed by atoms with E-state index < -0.39 is 91.9 Å². The smallest absolute Gasteiger partial charge is 0.480 e. The van der Waals surface area contributed by atoms with Crippen molar-refractivity contribution in [3.05, 3.63) is 29.6 Å². The molecule has 0 saturated heterocycles. The average Bonchev–Trinajstić information content (AvgIpc) is 3.17. The summed E-state index contributed by atoms with van der Waals surface area (Å²) in [6.45, 7) is -3.13. The quantitative estimate of drug-likeness (QED) is 0.0462. The molecule has 0 aliphatic carbocycles. The Labute approximate surface area is 367 Å². The third-order valence-electron chi connectivity index (χ3n) is 9.29. The number of aliphatic hydroxyl groups is 6. The van der Waals surface area contributed by atoms with Gasteiger partial charge in [-0.3, -0.25) is 48.5 Å². The van der Waals surface area contributed by atoms with E-state index in [4.69, 9.17) is 15.3 Å². The van der Waals surface area contributed by atoms with Gasteiger partial charge in [-0.1, -0.05) is 6.07 Å². The molecule has 12 N–H and O–H groups in total. The van der Waals surface area contributed by atoms with Gasteiger partial charge in [-0.2, -0.15) is 0 Å². The molecule has 0 saturated carbocycles. The number of hydrogen-bond acceptors (Lipinski definition) is 16. The van der Waals surface area contributed by atoms with Gasteiger partial charge in [0, 0.05) is 78.2 Å². The minimum Gasteiger partial charge on any atom is -0.480 e. The number of carboxylic acids is 3. The van der Waals surface area contributed by atoms with E-state index in [1.807, 2.05) is 0 Å². The van der Waals surface area contributed by atoms with Crippen LogP contribution in [0.25, 0.3) is 0 Å². The van der Waals surface area contributed by atoms with Crippen LogP contribution in [-0.4, -0.2) is 203 Å². The van der Waals surface area contributed by atoms with Crippen LogP contribution in [-0.2, 0) is 41.9 Å². The summed E-state index contributed by atoms with van der Waals surface area (Å²) < 4.78 is 0. The van der Waals surface area contributed by atoms with Crippen LogP contribution in [0, 0.1) is 39.9 Å². The Hall–Kier alpha value is -3.07. The van der Waals surface area contributed by atoms with E-state index >= 15 is 0 Å². The van der Waals surface area contributed by atoms with Gasteiger partial charge < -0.3 is 61.9 Å². The van der Waals surface area contributed by atoms with Crippen LogP contribution in [0.15, 0.2) is 18.2 Å². The van der Waals surface area contributed by atoms with E-state index in [9.17, 15) is 59.4 Å². The van der Waals surface area contributed by atoms with Gasteiger partial charge in [-0.15, -0.1) is 0 Å². The SMILES string of the molecule is O=C(CC[C@H](C(=O)O)N1CCN([C@H](CCC(=O)NCC(O)CO)C(=O)O)Cc2cccc(n2)CN([C@H](CCC(=O)NCC(O)CO)C(=O)O)CC1)NCC(O)CO.[Gd+3]. The summed E-state index contributed by atoms with van der Waals surface area (Å²) >= 11 is 0. The van der Waals surface area contributed by atoms with Crippen LogP contribution in [0.1, 0.15) is 49.9 Å². The second kappa shape index (κ2) is 28.4. The minimum atomic E-state index is -1.35. The van der Waals surface area contributed by atoms with Gasteiger partial charge in [0.15, 0.2) is 0 Å². The fourth-order valence-electron chi connectivity index (χ4n) is 6.09. The second-order valence-corrected chi connectivity index (χ2v) is 13.7. The number of nitrogens with one attached hydrogen (secondary N) is 3. The molecule has 22 nitrogen and oxygen atoms in total. The van der Waals surface area contributed by atoms with Gasteiger partial charge in [-0.25, -0.2) is 0 Å². The zero-order valence-electron chi connectivity index (χ0n) is 32.0. The Morgan fingerprint density at radius 1 is 0.552 bits per heavy atom. The molecule has 1 aromatic heterocycles. The second-order valence-electron chi connectivity index (χ2n) is 13.7. The number of aromatic nitrogens is 1. The number of carbonyl (C=O) groups excluding carboxylic acids is 3. The van der Waals surface area contributed by atoms with E-state index in [2.05, 4.69) is 20.9 Å². The summed E-state index contributed by atoms with van der Waals surface area (Å²) in [5.74, 6) is -5.65. The molecule has 23 heteroatoms.